The Bertz CT molecular complexity index is 1230. The molecule has 1 aliphatic heterocycles. The lowest BCUT2D eigenvalue weighted by Crippen LogP contribution is -2.47. The van der Waals surface area contributed by atoms with Gasteiger partial charge in [0.1, 0.15) is 5.82 Å². The first-order chi connectivity index (χ1) is 15.0. The second kappa shape index (κ2) is 8.31. The van der Waals surface area contributed by atoms with Crippen molar-refractivity contribution < 1.29 is 5.11 Å². The van der Waals surface area contributed by atoms with E-state index in [1.165, 1.54) is 15.9 Å². The first-order valence-electron chi connectivity index (χ1n) is 10.1. The molecule has 3 heterocycles. The highest BCUT2D eigenvalue weighted by atomic mass is 35.5. The summed E-state index contributed by atoms with van der Waals surface area (Å²) in [6.45, 7) is 5.15. The number of fused-ring (bicyclic) bond motifs is 1. The van der Waals surface area contributed by atoms with Gasteiger partial charge in [0.2, 0.25) is 10.8 Å². The first-order valence-corrected chi connectivity index (χ1v) is 11.6. The summed E-state index contributed by atoms with van der Waals surface area (Å²) in [4.78, 5) is 10.6. The molecule has 9 heteroatoms. The van der Waals surface area contributed by atoms with E-state index in [4.69, 9.17) is 23.2 Å². The van der Waals surface area contributed by atoms with Gasteiger partial charge in [-0.25, -0.2) is 4.98 Å². The fourth-order valence-electron chi connectivity index (χ4n) is 4.14. The molecular weight excluding hydrogens is 453 g/mol. The second-order valence-corrected chi connectivity index (χ2v) is 9.42. The van der Waals surface area contributed by atoms with Gasteiger partial charge in [0.25, 0.3) is 0 Å². The number of benzene rings is 2. The third kappa shape index (κ3) is 3.87. The Morgan fingerprint density at radius 2 is 1.81 bits per heavy atom. The highest BCUT2D eigenvalue weighted by Gasteiger charge is 2.32. The summed E-state index contributed by atoms with van der Waals surface area (Å²) in [6, 6.07) is 15.6. The maximum atomic E-state index is 11.0. The van der Waals surface area contributed by atoms with Crippen molar-refractivity contribution >= 4 is 45.2 Å². The van der Waals surface area contributed by atoms with Crippen LogP contribution in [0.4, 0.5) is 5.69 Å². The molecule has 1 fully saturated rings. The van der Waals surface area contributed by atoms with Crippen LogP contribution in [0.15, 0.2) is 48.5 Å². The molecular formula is C22H21Cl2N5OS. The summed E-state index contributed by atoms with van der Waals surface area (Å²) in [5.41, 5.74) is 2.09. The monoisotopic (exact) mass is 473 g/mol. The van der Waals surface area contributed by atoms with Crippen molar-refractivity contribution in [2.45, 2.75) is 13.0 Å². The Balaban J connectivity index is 1.49. The molecule has 160 valence electrons. The van der Waals surface area contributed by atoms with Gasteiger partial charge in [0.15, 0.2) is 0 Å². The lowest BCUT2D eigenvalue weighted by Gasteiger charge is -2.40. The molecule has 6 nitrogen and oxygen atoms in total. The number of aryl methyl sites for hydroxylation is 1. The average Bonchev–Trinajstić information content (AvgIpc) is 3.27. The first kappa shape index (κ1) is 20.6. The van der Waals surface area contributed by atoms with Crippen molar-refractivity contribution in [3.8, 4) is 5.88 Å². The molecule has 31 heavy (non-hydrogen) atoms. The van der Waals surface area contributed by atoms with Gasteiger partial charge >= 0.3 is 0 Å². The number of hydrogen-bond acceptors (Lipinski definition) is 6. The van der Waals surface area contributed by atoms with Crippen LogP contribution in [-0.2, 0) is 0 Å². The number of piperazine rings is 1. The van der Waals surface area contributed by atoms with Crippen LogP contribution in [0, 0.1) is 6.92 Å². The van der Waals surface area contributed by atoms with Crippen LogP contribution in [0.1, 0.15) is 22.3 Å². The third-order valence-electron chi connectivity index (χ3n) is 5.61. The summed E-state index contributed by atoms with van der Waals surface area (Å²) >= 11 is 14.3. The summed E-state index contributed by atoms with van der Waals surface area (Å²) in [5.74, 6) is 0.764. The highest BCUT2D eigenvalue weighted by molar-refractivity contribution is 7.17. The number of rotatable bonds is 4. The van der Waals surface area contributed by atoms with E-state index in [0.717, 1.165) is 47.3 Å². The largest absolute Gasteiger partial charge is 0.492 e. The minimum absolute atomic E-state index is 0.128. The number of aromatic hydroxyl groups is 1. The Hall–Kier alpha value is -2.32. The molecule has 1 aliphatic rings. The van der Waals surface area contributed by atoms with E-state index < -0.39 is 0 Å². The summed E-state index contributed by atoms with van der Waals surface area (Å²) < 4.78 is 1.52. The topological polar surface area (TPSA) is 56.9 Å². The molecule has 4 aromatic rings. The van der Waals surface area contributed by atoms with Crippen molar-refractivity contribution in [3.63, 3.8) is 0 Å². The zero-order valence-corrected chi connectivity index (χ0v) is 19.2. The number of halogens is 2. The molecule has 5 rings (SSSR count). The predicted octanol–water partition coefficient (Wildman–Crippen LogP) is 5.02. The van der Waals surface area contributed by atoms with Crippen LogP contribution >= 0.6 is 34.5 Å². The molecule has 1 N–H and O–H groups in total. The Morgan fingerprint density at radius 1 is 1.03 bits per heavy atom. The van der Waals surface area contributed by atoms with Crippen LogP contribution in [0.2, 0.25) is 10.0 Å². The van der Waals surface area contributed by atoms with E-state index in [-0.39, 0.29) is 11.9 Å². The summed E-state index contributed by atoms with van der Waals surface area (Å²) in [5, 5.41) is 16.7. The van der Waals surface area contributed by atoms with Crippen molar-refractivity contribution in [1.82, 2.24) is 19.5 Å². The maximum absolute atomic E-state index is 11.0. The molecule has 0 spiro atoms. The van der Waals surface area contributed by atoms with Gasteiger partial charge in [-0.05, 0) is 36.8 Å². The highest BCUT2D eigenvalue weighted by Crippen LogP contribution is 2.42. The second-order valence-electron chi connectivity index (χ2n) is 7.57. The minimum Gasteiger partial charge on any atom is -0.492 e. The molecule has 0 saturated carbocycles. The van der Waals surface area contributed by atoms with Crippen molar-refractivity contribution in [1.29, 1.82) is 0 Å². The summed E-state index contributed by atoms with van der Waals surface area (Å²) in [7, 11) is 0. The third-order valence-corrected chi connectivity index (χ3v) is 7.26. The molecule has 0 radical (unpaired) electrons. The van der Waals surface area contributed by atoms with Crippen LogP contribution in [0.5, 0.6) is 5.88 Å². The molecule has 2 aromatic carbocycles. The lowest BCUT2D eigenvalue weighted by molar-refractivity contribution is 0.211. The fourth-order valence-corrected chi connectivity index (χ4v) is 5.72. The normalized spacial score (nSPS) is 16.2. The van der Waals surface area contributed by atoms with E-state index in [2.05, 4.69) is 25.9 Å². The van der Waals surface area contributed by atoms with Gasteiger partial charge in [-0.1, -0.05) is 58.8 Å². The van der Waals surface area contributed by atoms with Crippen molar-refractivity contribution in [2.75, 3.05) is 31.1 Å². The molecule has 0 bridgehead atoms. The maximum Gasteiger partial charge on any atom is 0.230 e. The Kier molecular flexibility index (Phi) is 5.52. The molecule has 0 aliphatic carbocycles. The SMILES string of the molecule is Cc1nc2sc([C@H](c3ccccc3Cl)N3CCN(c4cccc(Cl)c4)CC3)c(O)n2n1. The average molecular weight is 474 g/mol. The van der Waals surface area contributed by atoms with Crippen molar-refractivity contribution in [3.05, 3.63) is 74.8 Å². The molecule has 1 atom stereocenters. The zero-order chi connectivity index (χ0) is 21.5. The standard InChI is InChI=1S/C22H21Cl2N5OS/c1-14-25-22-29(26-14)21(30)20(31-22)19(17-7-2-3-8-18(17)24)28-11-9-27(10-12-28)16-6-4-5-15(23)13-16/h2-8,13,19,30H,9-12H2,1H3/t19-/m0/s1. The van der Waals surface area contributed by atoms with Crippen LogP contribution in [0.3, 0.4) is 0 Å². The number of nitrogens with zero attached hydrogens (tertiary/aromatic N) is 5. The predicted molar refractivity (Wildman–Crippen MR) is 126 cm³/mol. The van der Waals surface area contributed by atoms with Crippen molar-refractivity contribution in [2.24, 2.45) is 0 Å². The van der Waals surface area contributed by atoms with Crippen LogP contribution in [-0.4, -0.2) is 50.8 Å². The van der Waals surface area contributed by atoms with Gasteiger partial charge in [0, 0.05) is 41.9 Å². The van der Waals surface area contributed by atoms with E-state index in [9.17, 15) is 5.11 Å². The molecule has 0 unspecified atom stereocenters. The van der Waals surface area contributed by atoms with Gasteiger partial charge in [0.05, 0.1) is 10.9 Å². The van der Waals surface area contributed by atoms with E-state index in [0.29, 0.717) is 15.8 Å². The van der Waals surface area contributed by atoms with E-state index in [1.807, 2.05) is 49.4 Å². The van der Waals surface area contributed by atoms with Gasteiger partial charge in [-0.15, -0.1) is 5.10 Å². The van der Waals surface area contributed by atoms with Gasteiger partial charge in [-0.2, -0.15) is 4.52 Å². The number of aromatic nitrogens is 3. The fraction of sp³-hybridized carbons (Fsp3) is 0.273. The number of hydrogen-bond donors (Lipinski definition) is 1. The van der Waals surface area contributed by atoms with E-state index >= 15 is 0 Å². The Morgan fingerprint density at radius 3 is 2.52 bits per heavy atom. The Labute approximate surface area is 194 Å². The molecule has 2 aromatic heterocycles. The zero-order valence-electron chi connectivity index (χ0n) is 16.9. The summed E-state index contributed by atoms with van der Waals surface area (Å²) in [6.07, 6.45) is 0. The number of thiazole rings is 1. The minimum atomic E-state index is -0.177. The van der Waals surface area contributed by atoms with E-state index in [1.54, 1.807) is 0 Å². The molecule has 1 saturated heterocycles. The van der Waals surface area contributed by atoms with Gasteiger partial charge < -0.3 is 10.0 Å². The smallest absolute Gasteiger partial charge is 0.230 e. The van der Waals surface area contributed by atoms with Crippen LogP contribution < -0.4 is 4.90 Å². The lowest BCUT2D eigenvalue weighted by atomic mass is 10.0. The molecule has 0 amide bonds. The quantitative estimate of drug-likeness (QED) is 0.450. The van der Waals surface area contributed by atoms with Crippen LogP contribution in [0.25, 0.3) is 4.96 Å². The van der Waals surface area contributed by atoms with Gasteiger partial charge in [-0.3, -0.25) is 4.90 Å². The number of anilines is 1.